The zero-order valence-electron chi connectivity index (χ0n) is 63.0. The van der Waals surface area contributed by atoms with E-state index in [4.69, 9.17) is 9.98 Å². The Labute approximate surface area is 598 Å². The van der Waals surface area contributed by atoms with Crippen molar-refractivity contribution in [2.24, 2.45) is 9.98 Å². The van der Waals surface area contributed by atoms with Gasteiger partial charge in [0.15, 0.2) is 0 Å². The zero-order valence-corrected chi connectivity index (χ0v) is 64.0. The molecule has 2 rings (SSSR count). The van der Waals surface area contributed by atoms with Gasteiger partial charge in [0.2, 0.25) is 0 Å². The number of nitrogens with zero attached hydrogens (tertiary/aromatic N) is 2. The van der Waals surface area contributed by atoms with E-state index in [0.29, 0.717) is 5.71 Å². The standard InChI is InChI=1S/C91H154N2.Ni/c1-4-7-10-13-16-19-22-25-28-31-33-35-37-39-41-43-45-47-49-52-54-57-60-63-66-69-72-77-87-79-75-82-89(84-87)92-86-91(81-74-71-68-65-62-59-56-51-30-27-24-21-18-15-12-9-6-3)93-90-83-76-80-88(85-90)78-73-70-67-64-61-58-55-53-50-48-46-44-42-40-38-36-34-32-29-26-23-20-17-14-11-8-5-2;/h75-76,79-80,82-86H,4-71H2,1-3H3;. The first-order valence-corrected chi connectivity index (χ1v) is 42.0. The van der Waals surface area contributed by atoms with Gasteiger partial charge in [0.05, 0.1) is 17.6 Å². The maximum atomic E-state index is 5.06. The zero-order chi connectivity index (χ0) is 66.0. The summed E-state index contributed by atoms with van der Waals surface area (Å²) < 4.78 is 0. The number of benzene rings is 2. The first-order chi connectivity index (χ1) is 46.2. The van der Waals surface area contributed by atoms with Crippen LogP contribution >= 0.6 is 0 Å². The smallest absolute Gasteiger partial charge is 0.132 e. The Morgan fingerprint density at radius 2 is 0.479 bits per heavy atom. The first-order valence-electron chi connectivity index (χ1n) is 42.0. The second kappa shape index (κ2) is 75.7. The van der Waals surface area contributed by atoms with Crippen LogP contribution in [0, 0.1) is 35.5 Å². The molecule has 2 aromatic carbocycles. The van der Waals surface area contributed by atoms with E-state index in [0.717, 1.165) is 48.2 Å². The van der Waals surface area contributed by atoms with Crippen LogP contribution in [0.15, 0.2) is 58.5 Å². The van der Waals surface area contributed by atoms with Gasteiger partial charge < -0.3 is 0 Å². The molecular formula is C91H154N2Ni. The molecule has 94 heavy (non-hydrogen) atoms. The first kappa shape index (κ1) is 89.0. The predicted molar refractivity (Wildman–Crippen MR) is 421 cm³/mol. The van der Waals surface area contributed by atoms with Gasteiger partial charge in [-0.25, -0.2) is 4.99 Å². The van der Waals surface area contributed by atoms with E-state index in [-0.39, 0.29) is 16.5 Å². The number of rotatable bonds is 68. The van der Waals surface area contributed by atoms with Crippen LogP contribution in [0.2, 0.25) is 0 Å². The molecule has 0 fully saturated rings. The molecule has 0 aliphatic heterocycles. The van der Waals surface area contributed by atoms with E-state index in [9.17, 15) is 0 Å². The second-order valence-electron chi connectivity index (χ2n) is 28.9. The van der Waals surface area contributed by atoms with Gasteiger partial charge in [-0.15, -0.1) is 0 Å². The van der Waals surface area contributed by atoms with Crippen LogP contribution < -0.4 is 0 Å². The van der Waals surface area contributed by atoms with Gasteiger partial charge >= 0.3 is 0 Å². The molecule has 0 aliphatic rings. The third-order valence-corrected chi connectivity index (χ3v) is 19.7. The number of unbranched alkanes of at least 4 members (excludes halogenated alkanes) is 65. The summed E-state index contributed by atoms with van der Waals surface area (Å²) >= 11 is 0. The summed E-state index contributed by atoms with van der Waals surface area (Å²) in [6.07, 6.45) is 96.5. The molecule has 0 heterocycles. The van der Waals surface area contributed by atoms with Crippen LogP contribution in [-0.4, -0.2) is 11.9 Å². The van der Waals surface area contributed by atoms with E-state index in [2.05, 4.69) is 105 Å². The van der Waals surface area contributed by atoms with E-state index < -0.39 is 0 Å². The average molecular weight is 1330 g/mol. The molecule has 0 radical (unpaired) electrons. The average Bonchev–Trinajstić information content (AvgIpc) is 1.47. The minimum absolute atomic E-state index is 0. The Kier molecular flexibility index (Phi) is 71.7. The molecule has 0 saturated carbocycles. The van der Waals surface area contributed by atoms with Gasteiger partial charge in [0.1, 0.15) is 5.71 Å². The monoisotopic (exact) mass is 1330 g/mol. The topological polar surface area (TPSA) is 24.7 Å². The fraction of sp³-hybridized carbons (Fsp3) is 0.780. The van der Waals surface area contributed by atoms with Gasteiger partial charge in [-0.3, -0.25) is 4.99 Å². The molecule has 0 saturated heterocycles. The molecule has 0 unspecified atom stereocenters. The Bertz CT molecular complexity index is 2130. The molecule has 2 aromatic rings. The van der Waals surface area contributed by atoms with Crippen molar-refractivity contribution in [3.8, 4) is 35.5 Å². The van der Waals surface area contributed by atoms with Crippen molar-refractivity contribution in [3.63, 3.8) is 0 Å². The van der Waals surface area contributed by atoms with Crippen molar-refractivity contribution in [3.05, 3.63) is 59.7 Å². The van der Waals surface area contributed by atoms with E-state index in [1.54, 1.807) is 0 Å². The second-order valence-corrected chi connectivity index (χ2v) is 28.9. The van der Waals surface area contributed by atoms with Crippen molar-refractivity contribution < 1.29 is 16.5 Å². The summed E-state index contributed by atoms with van der Waals surface area (Å²) in [5, 5.41) is 0. The molecule has 0 aliphatic carbocycles. The quantitative estimate of drug-likeness (QED) is 0.0273. The maximum Gasteiger partial charge on any atom is 0.132 e. The summed E-state index contributed by atoms with van der Waals surface area (Å²) in [5.41, 5.74) is 4.50. The molecule has 0 atom stereocenters. The Morgan fingerprint density at radius 3 is 0.734 bits per heavy atom. The molecule has 0 aromatic heterocycles. The third kappa shape index (κ3) is 64.9. The van der Waals surface area contributed by atoms with Crippen molar-refractivity contribution >= 4 is 23.3 Å². The van der Waals surface area contributed by atoms with Gasteiger partial charge in [0.25, 0.3) is 0 Å². The van der Waals surface area contributed by atoms with Crippen molar-refractivity contribution in [1.82, 2.24) is 0 Å². The van der Waals surface area contributed by atoms with Crippen LogP contribution in [0.5, 0.6) is 0 Å². The number of aliphatic imine (C=N–C) groups is 2. The Balaban J connectivity index is 0.0000442. The molecule has 3 heteroatoms. The van der Waals surface area contributed by atoms with Gasteiger partial charge in [-0.1, -0.05) is 461 Å². The largest absolute Gasteiger partial charge is 0.254 e. The minimum Gasteiger partial charge on any atom is -0.254 e. The molecular weight excluding hydrogens is 1180 g/mol. The summed E-state index contributed by atoms with van der Waals surface area (Å²) in [5.74, 6) is 20.7. The molecule has 0 N–H and O–H groups in total. The molecule has 2 nitrogen and oxygen atoms in total. The summed E-state index contributed by atoms with van der Waals surface area (Å²) in [4.78, 5) is 9.97. The fourth-order valence-electron chi connectivity index (χ4n) is 13.5. The fourth-order valence-corrected chi connectivity index (χ4v) is 13.5. The molecule has 0 bridgehead atoms. The summed E-state index contributed by atoms with van der Waals surface area (Å²) in [6.45, 7) is 6.93. The SMILES string of the molecule is CCCCCCCCCCCCCCCCCC#CC(C=Nc1cccc(C#CCCCCCCCCCCCCCCCCCCCCCCCCCCC)c1)=Nc1cccc(C#CCCCCCCCCCCCCCCCCCCCCCCCCCCC)c1.[Ni]. The van der Waals surface area contributed by atoms with E-state index >= 15 is 0 Å². The maximum absolute atomic E-state index is 5.06. The predicted octanol–water partition coefficient (Wildman–Crippen LogP) is 31.5. The normalized spacial score (nSPS) is 11.4. The van der Waals surface area contributed by atoms with E-state index in [1.807, 2.05) is 6.21 Å². The Morgan fingerprint density at radius 1 is 0.266 bits per heavy atom. The molecule has 0 spiro atoms. The van der Waals surface area contributed by atoms with Crippen molar-refractivity contribution in [2.75, 3.05) is 0 Å². The summed E-state index contributed by atoms with van der Waals surface area (Å²) in [6, 6.07) is 16.7. The van der Waals surface area contributed by atoms with Crippen LogP contribution in [0.3, 0.4) is 0 Å². The van der Waals surface area contributed by atoms with Crippen LogP contribution in [-0.2, 0) is 16.5 Å². The van der Waals surface area contributed by atoms with E-state index in [1.165, 1.54) is 411 Å². The van der Waals surface area contributed by atoms with Gasteiger partial charge in [-0.2, -0.15) is 0 Å². The van der Waals surface area contributed by atoms with Crippen LogP contribution in [0.4, 0.5) is 11.4 Å². The summed E-state index contributed by atoms with van der Waals surface area (Å²) in [7, 11) is 0. The van der Waals surface area contributed by atoms with Gasteiger partial charge in [0, 0.05) is 46.9 Å². The third-order valence-electron chi connectivity index (χ3n) is 19.7. The van der Waals surface area contributed by atoms with Crippen molar-refractivity contribution in [2.45, 2.75) is 457 Å². The Hall–Kier alpha value is -3.05. The molecule has 0 amide bonds. The molecule has 538 valence electrons. The van der Waals surface area contributed by atoms with Gasteiger partial charge in [-0.05, 0) is 61.6 Å². The number of hydrogen-bond acceptors (Lipinski definition) is 2. The number of hydrogen-bond donors (Lipinski definition) is 0. The minimum atomic E-state index is 0. The van der Waals surface area contributed by atoms with Crippen molar-refractivity contribution in [1.29, 1.82) is 0 Å². The van der Waals surface area contributed by atoms with Crippen LogP contribution in [0.25, 0.3) is 0 Å². The van der Waals surface area contributed by atoms with Crippen LogP contribution in [0.1, 0.15) is 469 Å².